The molecule has 2 aromatic carbocycles. The Hall–Kier alpha value is -4.35. The number of carbonyl (C=O) groups is 2. The summed E-state index contributed by atoms with van der Waals surface area (Å²) in [6.07, 6.45) is -0.819. The third-order valence-corrected chi connectivity index (χ3v) is 7.33. The molecular weight excluding hydrogens is 592 g/mol. The fourth-order valence-electron chi connectivity index (χ4n) is 4.71. The van der Waals surface area contributed by atoms with E-state index in [0.717, 1.165) is 6.26 Å². The van der Waals surface area contributed by atoms with Crippen LogP contribution < -0.4 is 5.32 Å². The van der Waals surface area contributed by atoms with E-state index in [1.165, 1.54) is 53.4 Å². The first-order valence-corrected chi connectivity index (χ1v) is 15.0. The Bertz CT molecular complexity index is 1390. The zero-order valence-corrected chi connectivity index (χ0v) is 24.0. The van der Waals surface area contributed by atoms with E-state index >= 15 is 0 Å². The van der Waals surface area contributed by atoms with Gasteiger partial charge in [0.25, 0.3) is 21.5 Å². The van der Waals surface area contributed by atoms with Gasteiger partial charge in [-0.2, -0.15) is 8.42 Å². The lowest BCUT2D eigenvalue weighted by atomic mass is 9.91. The predicted molar refractivity (Wildman–Crippen MR) is 149 cm³/mol. The topological polar surface area (TPSA) is 218 Å². The van der Waals surface area contributed by atoms with Gasteiger partial charge >= 0.3 is 12.2 Å². The summed E-state index contributed by atoms with van der Waals surface area (Å²) in [5, 5.41) is 33.9. The number of nitrogens with one attached hydrogen (secondary N) is 1. The number of non-ortho nitro benzene ring substituents is 2. The summed E-state index contributed by atoms with van der Waals surface area (Å²) < 4.78 is 39.2. The van der Waals surface area contributed by atoms with Crippen molar-refractivity contribution in [3.05, 3.63) is 79.9 Å². The van der Waals surface area contributed by atoms with Crippen LogP contribution in [-0.4, -0.2) is 78.6 Å². The van der Waals surface area contributed by atoms with Gasteiger partial charge in [-0.1, -0.05) is 0 Å². The van der Waals surface area contributed by atoms with Crippen LogP contribution in [0.5, 0.6) is 0 Å². The molecule has 1 aliphatic rings. The van der Waals surface area contributed by atoms with Crippen LogP contribution in [0.15, 0.2) is 48.5 Å². The molecule has 2 amide bonds. The van der Waals surface area contributed by atoms with Crippen molar-refractivity contribution in [1.82, 2.24) is 10.2 Å². The molecule has 0 aliphatic carbocycles. The molecule has 1 aliphatic heterocycles. The minimum absolute atomic E-state index is 0.0938. The molecule has 3 rings (SSSR count). The average Bonchev–Trinajstić information content (AvgIpc) is 3.36. The molecule has 0 radical (unpaired) electrons. The van der Waals surface area contributed by atoms with Crippen LogP contribution in [0, 0.1) is 26.1 Å². The predicted octanol–water partition coefficient (Wildman–Crippen LogP) is 2.87. The molecule has 3 atom stereocenters. The first-order chi connectivity index (χ1) is 20.4. The standard InChI is InChI=1S/C26H32N4O12S/c1-43(38,39)42-23-14-24(28(15-23)26(33)41-17-19-4-8-22(9-5-19)30(36)37)20(11-13-31)10-12-27-25(32)40-16-18-2-6-21(7-3-18)29(34)35/h2-9,20,23-24,31H,10-17H2,1H3,(H,27,32)/t20?,23-,24+/m1/s1. The first-order valence-electron chi connectivity index (χ1n) is 13.2. The van der Waals surface area contributed by atoms with Crippen molar-refractivity contribution in [1.29, 1.82) is 0 Å². The number of ether oxygens (including phenoxy) is 2. The summed E-state index contributed by atoms with van der Waals surface area (Å²) in [6, 6.07) is 10.4. The molecule has 1 saturated heterocycles. The van der Waals surface area contributed by atoms with Crippen LogP contribution >= 0.6 is 0 Å². The maximum absolute atomic E-state index is 13.1. The highest BCUT2D eigenvalue weighted by Gasteiger charge is 2.42. The maximum Gasteiger partial charge on any atom is 0.410 e. The van der Waals surface area contributed by atoms with Gasteiger partial charge in [-0.3, -0.25) is 24.4 Å². The minimum atomic E-state index is -3.84. The summed E-state index contributed by atoms with van der Waals surface area (Å²) in [4.78, 5) is 47.2. The molecule has 17 heteroatoms. The molecule has 0 bridgehead atoms. The van der Waals surface area contributed by atoms with Crippen molar-refractivity contribution in [2.45, 2.75) is 44.6 Å². The second kappa shape index (κ2) is 15.2. The van der Waals surface area contributed by atoms with Crippen LogP contribution in [0.2, 0.25) is 0 Å². The van der Waals surface area contributed by atoms with E-state index in [2.05, 4.69) is 5.32 Å². The van der Waals surface area contributed by atoms with Gasteiger partial charge < -0.3 is 24.8 Å². The molecule has 43 heavy (non-hydrogen) atoms. The van der Waals surface area contributed by atoms with Crippen molar-refractivity contribution in [2.24, 2.45) is 5.92 Å². The van der Waals surface area contributed by atoms with E-state index in [1.54, 1.807) is 0 Å². The summed E-state index contributed by atoms with van der Waals surface area (Å²) >= 11 is 0. The van der Waals surface area contributed by atoms with E-state index in [9.17, 15) is 43.3 Å². The fourth-order valence-corrected chi connectivity index (χ4v) is 5.34. The van der Waals surface area contributed by atoms with Crippen molar-refractivity contribution < 1.29 is 46.6 Å². The Kier molecular flexibility index (Phi) is 11.7. The summed E-state index contributed by atoms with van der Waals surface area (Å²) in [6.45, 7) is -0.544. The van der Waals surface area contributed by atoms with Crippen molar-refractivity contribution in [2.75, 3.05) is 26.0 Å². The highest BCUT2D eigenvalue weighted by molar-refractivity contribution is 7.86. The molecule has 2 aromatic rings. The quantitative estimate of drug-likeness (QED) is 0.176. The molecule has 1 unspecified atom stereocenters. The Labute approximate surface area is 246 Å². The first kappa shape index (κ1) is 33.2. The van der Waals surface area contributed by atoms with Crippen LogP contribution in [0.1, 0.15) is 30.4 Å². The van der Waals surface area contributed by atoms with Crippen LogP contribution in [0.25, 0.3) is 0 Å². The van der Waals surface area contributed by atoms with Crippen molar-refractivity contribution in [3.63, 3.8) is 0 Å². The lowest BCUT2D eigenvalue weighted by Gasteiger charge is -2.30. The van der Waals surface area contributed by atoms with Gasteiger partial charge in [-0.05, 0) is 60.6 Å². The Morgan fingerprint density at radius 3 is 2.00 bits per heavy atom. The van der Waals surface area contributed by atoms with E-state index in [4.69, 9.17) is 13.7 Å². The lowest BCUT2D eigenvalue weighted by Crippen LogP contribution is -2.42. The molecule has 0 aromatic heterocycles. The number of carbonyl (C=O) groups excluding carboxylic acids is 2. The van der Waals surface area contributed by atoms with E-state index in [-0.39, 0.29) is 69.5 Å². The number of rotatable bonds is 14. The SMILES string of the molecule is CS(=O)(=O)O[C@@H]1C[C@@H](C(CCO)CCNC(=O)OCc2ccc([N+](=O)[O-])cc2)N(C(=O)OCc2ccc([N+](=O)[O-])cc2)C1. The highest BCUT2D eigenvalue weighted by Crippen LogP contribution is 2.31. The number of likely N-dealkylation sites (tertiary alicyclic amines) is 1. The largest absolute Gasteiger partial charge is 0.445 e. The third-order valence-electron chi connectivity index (χ3n) is 6.71. The molecular formula is C26H32N4O12S. The molecule has 16 nitrogen and oxygen atoms in total. The molecule has 1 fully saturated rings. The van der Waals surface area contributed by atoms with E-state index in [1.807, 2.05) is 0 Å². The summed E-state index contributed by atoms with van der Waals surface area (Å²) in [7, 11) is -3.84. The van der Waals surface area contributed by atoms with Gasteiger partial charge in [0.2, 0.25) is 0 Å². The van der Waals surface area contributed by atoms with Gasteiger partial charge in [0.05, 0.1) is 28.8 Å². The number of aliphatic hydroxyl groups is 1. The van der Waals surface area contributed by atoms with Crippen LogP contribution in [0.3, 0.4) is 0 Å². The number of nitrogens with zero attached hydrogens (tertiary/aromatic N) is 3. The summed E-state index contributed by atoms with van der Waals surface area (Å²) in [5.74, 6) is -0.389. The smallest absolute Gasteiger partial charge is 0.410 e. The molecule has 234 valence electrons. The fraction of sp³-hybridized carbons (Fsp3) is 0.462. The normalized spacial score (nSPS) is 17.2. The number of benzene rings is 2. The monoisotopic (exact) mass is 624 g/mol. The Morgan fingerprint density at radius 1 is 0.977 bits per heavy atom. The zero-order chi connectivity index (χ0) is 31.6. The van der Waals surface area contributed by atoms with Crippen LogP contribution in [-0.2, 0) is 37.0 Å². The van der Waals surface area contributed by atoms with Crippen molar-refractivity contribution >= 4 is 33.7 Å². The van der Waals surface area contributed by atoms with Gasteiger partial charge in [0.1, 0.15) is 13.2 Å². The number of hydrogen-bond acceptors (Lipinski definition) is 12. The second-order valence-electron chi connectivity index (χ2n) is 9.84. The van der Waals surface area contributed by atoms with Gasteiger partial charge in [0.15, 0.2) is 0 Å². The van der Waals surface area contributed by atoms with E-state index < -0.39 is 44.3 Å². The summed E-state index contributed by atoms with van der Waals surface area (Å²) in [5.41, 5.74) is 0.835. The average molecular weight is 625 g/mol. The van der Waals surface area contributed by atoms with Gasteiger partial charge in [-0.15, -0.1) is 0 Å². The number of nitro benzene ring substituents is 2. The van der Waals surface area contributed by atoms with Gasteiger partial charge in [-0.25, -0.2) is 9.59 Å². The minimum Gasteiger partial charge on any atom is -0.445 e. The Balaban J connectivity index is 1.60. The van der Waals surface area contributed by atoms with Crippen molar-refractivity contribution in [3.8, 4) is 0 Å². The highest BCUT2D eigenvalue weighted by atomic mass is 32.2. The van der Waals surface area contributed by atoms with Gasteiger partial charge in [0, 0.05) is 43.5 Å². The lowest BCUT2D eigenvalue weighted by molar-refractivity contribution is -0.385. The maximum atomic E-state index is 13.1. The van der Waals surface area contributed by atoms with Crippen LogP contribution in [0.4, 0.5) is 21.0 Å². The number of alkyl carbamates (subject to hydrolysis) is 1. The number of nitro groups is 2. The zero-order valence-electron chi connectivity index (χ0n) is 23.2. The Morgan fingerprint density at radius 2 is 1.51 bits per heavy atom. The number of hydrogen-bond donors (Lipinski definition) is 2. The molecule has 0 spiro atoms. The number of amides is 2. The second-order valence-corrected chi connectivity index (χ2v) is 11.4. The molecule has 1 heterocycles. The third kappa shape index (κ3) is 10.5. The molecule has 2 N–H and O–H groups in total. The van der Waals surface area contributed by atoms with E-state index in [0.29, 0.717) is 11.1 Å². The molecule has 0 saturated carbocycles. The number of aliphatic hydroxyl groups excluding tert-OH is 1.